The van der Waals surface area contributed by atoms with E-state index in [0.717, 1.165) is 18.4 Å². The summed E-state index contributed by atoms with van der Waals surface area (Å²) in [5.74, 6) is 0.677. The monoisotopic (exact) mass is 293 g/mol. The minimum atomic E-state index is 0.546. The molecule has 1 aromatic heterocycles. The van der Waals surface area contributed by atoms with Gasteiger partial charge in [-0.1, -0.05) is 27.5 Å². The average molecular weight is 295 g/mol. The van der Waals surface area contributed by atoms with E-state index in [9.17, 15) is 0 Å². The molecule has 0 aromatic carbocycles. The Morgan fingerprint density at radius 1 is 1.40 bits per heavy atom. The Hall–Kier alpha value is -0.390. The molecule has 0 atom stereocenters. The first-order chi connectivity index (χ1) is 7.27. The fourth-order valence-electron chi connectivity index (χ4n) is 1.08. The Labute approximate surface area is 103 Å². The zero-order valence-electron chi connectivity index (χ0n) is 8.49. The number of ether oxygens (including phenoxy) is 1. The zero-order chi connectivity index (χ0) is 11.1. The highest BCUT2D eigenvalue weighted by molar-refractivity contribution is 9.09. The van der Waals surface area contributed by atoms with Gasteiger partial charge in [0, 0.05) is 25.5 Å². The molecule has 0 aliphatic rings. The van der Waals surface area contributed by atoms with Crippen molar-refractivity contribution >= 4 is 33.5 Å². The largest absolute Gasteiger partial charge is 0.383 e. The number of hydrogen-bond donors (Lipinski definition) is 0. The molecule has 1 aromatic rings. The lowest BCUT2D eigenvalue weighted by Gasteiger charge is -2.20. The molecule has 0 radical (unpaired) electrons. The van der Waals surface area contributed by atoms with Gasteiger partial charge in [-0.3, -0.25) is 0 Å². The van der Waals surface area contributed by atoms with E-state index in [1.165, 1.54) is 0 Å². The second kappa shape index (κ2) is 6.98. The summed E-state index contributed by atoms with van der Waals surface area (Å²) in [5.41, 5.74) is 0. The van der Waals surface area contributed by atoms with Crippen molar-refractivity contribution in [3.63, 3.8) is 0 Å². The smallest absolute Gasteiger partial charge is 0.225 e. The third-order valence-corrected chi connectivity index (χ3v) is 2.36. The topological polar surface area (TPSA) is 38.2 Å². The van der Waals surface area contributed by atoms with Crippen molar-refractivity contribution in [1.82, 2.24) is 9.97 Å². The number of rotatable bonds is 6. The van der Waals surface area contributed by atoms with Crippen LogP contribution in [-0.4, -0.2) is 42.1 Å². The van der Waals surface area contributed by atoms with Crippen molar-refractivity contribution < 1.29 is 4.74 Å². The van der Waals surface area contributed by atoms with Gasteiger partial charge >= 0.3 is 0 Å². The highest BCUT2D eigenvalue weighted by Crippen LogP contribution is 2.10. The minimum Gasteiger partial charge on any atom is -0.383 e. The van der Waals surface area contributed by atoms with Gasteiger partial charge in [0.2, 0.25) is 5.95 Å². The fraction of sp³-hybridized carbons (Fsp3) is 0.556. The number of nitrogens with zero attached hydrogens (tertiary/aromatic N) is 3. The maximum Gasteiger partial charge on any atom is 0.225 e. The lowest BCUT2D eigenvalue weighted by molar-refractivity contribution is 0.205. The summed E-state index contributed by atoms with van der Waals surface area (Å²) < 4.78 is 5.03. The molecule has 0 amide bonds. The van der Waals surface area contributed by atoms with Gasteiger partial charge in [0.1, 0.15) is 0 Å². The summed E-state index contributed by atoms with van der Waals surface area (Å²) >= 11 is 9.11. The molecule has 0 saturated carbocycles. The molecule has 84 valence electrons. The lowest BCUT2D eigenvalue weighted by atomic mass is 10.5. The molecular formula is C9H13BrClN3O. The number of anilines is 1. The summed E-state index contributed by atoms with van der Waals surface area (Å²) in [7, 11) is 1.68. The van der Waals surface area contributed by atoms with Gasteiger partial charge in [-0.2, -0.15) is 0 Å². The van der Waals surface area contributed by atoms with Gasteiger partial charge in [0.05, 0.1) is 24.0 Å². The molecule has 0 spiro atoms. The van der Waals surface area contributed by atoms with Crippen molar-refractivity contribution in [2.24, 2.45) is 0 Å². The molecule has 0 aliphatic carbocycles. The highest BCUT2D eigenvalue weighted by atomic mass is 79.9. The predicted molar refractivity (Wildman–Crippen MR) is 64.9 cm³/mol. The summed E-state index contributed by atoms with van der Waals surface area (Å²) in [4.78, 5) is 10.3. The van der Waals surface area contributed by atoms with Gasteiger partial charge in [0.15, 0.2) is 0 Å². The molecular weight excluding hydrogens is 281 g/mol. The highest BCUT2D eigenvalue weighted by Gasteiger charge is 2.07. The predicted octanol–water partition coefficient (Wildman–Crippen LogP) is 1.98. The van der Waals surface area contributed by atoms with E-state index in [1.54, 1.807) is 19.5 Å². The van der Waals surface area contributed by atoms with Crippen LogP contribution >= 0.6 is 27.5 Å². The third kappa shape index (κ3) is 4.32. The first-order valence-electron chi connectivity index (χ1n) is 4.55. The van der Waals surface area contributed by atoms with Crippen LogP contribution < -0.4 is 4.90 Å². The maximum atomic E-state index is 5.72. The van der Waals surface area contributed by atoms with Gasteiger partial charge in [-0.15, -0.1) is 0 Å². The second-order valence-corrected chi connectivity index (χ2v) is 4.10. The lowest BCUT2D eigenvalue weighted by Crippen LogP contribution is -2.30. The van der Waals surface area contributed by atoms with Crippen molar-refractivity contribution in [3.05, 3.63) is 17.4 Å². The van der Waals surface area contributed by atoms with Crippen molar-refractivity contribution in [2.75, 3.05) is 37.0 Å². The Bertz CT molecular complexity index is 283. The molecule has 15 heavy (non-hydrogen) atoms. The minimum absolute atomic E-state index is 0.546. The zero-order valence-corrected chi connectivity index (χ0v) is 10.8. The summed E-state index contributed by atoms with van der Waals surface area (Å²) in [6.07, 6.45) is 3.19. The van der Waals surface area contributed by atoms with E-state index >= 15 is 0 Å². The van der Waals surface area contributed by atoms with E-state index in [0.29, 0.717) is 17.6 Å². The van der Waals surface area contributed by atoms with Crippen LogP contribution in [0.15, 0.2) is 12.4 Å². The average Bonchev–Trinajstić information content (AvgIpc) is 2.25. The molecule has 1 heterocycles. The SMILES string of the molecule is COCCN(CCBr)c1ncc(Cl)cn1. The molecule has 0 saturated heterocycles. The van der Waals surface area contributed by atoms with E-state index in [4.69, 9.17) is 16.3 Å². The molecule has 0 N–H and O–H groups in total. The van der Waals surface area contributed by atoms with Crippen molar-refractivity contribution in [1.29, 1.82) is 0 Å². The quantitative estimate of drug-likeness (QED) is 0.752. The maximum absolute atomic E-state index is 5.72. The van der Waals surface area contributed by atoms with Crippen LogP contribution in [0, 0.1) is 0 Å². The fourth-order valence-corrected chi connectivity index (χ4v) is 1.61. The number of methoxy groups -OCH3 is 1. The van der Waals surface area contributed by atoms with E-state index in [1.807, 2.05) is 4.90 Å². The van der Waals surface area contributed by atoms with E-state index in [2.05, 4.69) is 25.9 Å². The third-order valence-electron chi connectivity index (χ3n) is 1.81. The Morgan fingerprint density at radius 2 is 2.07 bits per heavy atom. The standard InChI is InChI=1S/C9H13BrClN3O/c1-15-5-4-14(3-2-10)9-12-6-8(11)7-13-9/h6-7H,2-5H2,1H3. The second-order valence-electron chi connectivity index (χ2n) is 2.87. The van der Waals surface area contributed by atoms with E-state index < -0.39 is 0 Å². The van der Waals surface area contributed by atoms with Crippen LogP contribution in [0.1, 0.15) is 0 Å². The van der Waals surface area contributed by atoms with Gasteiger partial charge < -0.3 is 9.64 Å². The molecule has 0 unspecified atom stereocenters. The Morgan fingerprint density at radius 3 is 2.60 bits per heavy atom. The van der Waals surface area contributed by atoms with Crippen molar-refractivity contribution in [2.45, 2.75) is 0 Å². The normalized spacial score (nSPS) is 10.3. The Kier molecular flexibility index (Phi) is 5.90. The molecule has 0 bridgehead atoms. The first kappa shape index (κ1) is 12.7. The number of alkyl halides is 1. The summed E-state index contributed by atoms with van der Waals surface area (Å²) in [6, 6.07) is 0. The van der Waals surface area contributed by atoms with Gasteiger partial charge in [-0.25, -0.2) is 9.97 Å². The molecule has 0 aliphatic heterocycles. The van der Waals surface area contributed by atoms with Crippen LogP contribution in [0.4, 0.5) is 5.95 Å². The molecule has 4 nitrogen and oxygen atoms in total. The summed E-state index contributed by atoms with van der Waals surface area (Å²) in [6.45, 7) is 2.26. The first-order valence-corrected chi connectivity index (χ1v) is 6.05. The summed E-state index contributed by atoms with van der Waals surface area (Å²) in [5, 5.41) is 1.41. The van der Waals surface area contributed by atoms with Crippen molar-refractivity contribution in [3.8, 4) is 0 Å². The Balaban J connectivity index is 2.65. The van der Waals surface area contributed by atoms with Gasteiger partial charge in [0.25, 0.3) is 0 Å². The number of halogens is 2. The van der Waals surface area contributed by atoms with Crippen LogP contribution in [0.5, 0.6) is 0 Å². The molecule has 0 fully saturated rings. The van der Waals surface area contributed by atoms with Crippen LogP contribution in [0.3, 0.4) is 0 Å². The van der Waals surface area contributed by atoms with Crippen LogP contribution in [0.2, 0.25) is 5.02 Å². The van der Waals surface area contributed by atoms with Crippen LogP contribution in [0.25, 0.3) is 0 Å². The molecule has 6 heteroatoms. The number of hydrogen-bond acceptors (Lipinski definition) is 4. The van der Waals surface area contributed by atoms with Gasteiger partial charge in [-0.05, 0) is 0 Å². The van der Waals surface area contributed by atoms with E-state index in [-0.39, 0.29) is 0 Å². The number of aromatic nitrogens is 2. The molecule has 1 rings (SSSR count). The van der Waals surface area contributed by atoms with Crippen LogP contribution in [-0.2, 0) is 4.74 Å².